The van der Waals surface area contributed by atoms with Gasteiger partial charge in [-0.05, 0) is 26.4 Å². The van der Waals surface area contributed by atoms with Crippen molar-refractivity contribution in [2.24, 2.45) is 0 Å². The molecule has 1 aliphatic rings. The monoisotopic (exact) mass is 231 g/mol. The Morgan fingerprint density at radius 3 is 2.71 bits per heavy atom. The molecule has 1 aromatic rings. The third kappa shape index (κ3) is 2.86. The zero-order valence-electron chi connectivity index (χ0n) is 10.7. The molecule has 3 heteroatoms. The highest BCUT2D eigenvalue weighted by Gasteiger charge is 2.23. The van der Waals surface area contributed by atoms with E-state index in [0.29, 0.717) is 11.9 Å². The first-order valence-corrected chi connectivity index (χ1v) is 6.24. The van der Waals surface area contributed by atoms with E-state index in [1.165, 1.54) is 19.4 Å². The van der Waals surface area contributed by atoms with Crippen LogP contribution in [-0.2, 0) is 0 Å². The van der Waals surface area contributed by atoms with E-state index in [4.69, 9.17) is 5.41 Å². The summed E-state index contributed by atoms with van der Waals surface area (Å²) in [5, 5.41) is 8.25. The van der Waals surface area contributed by atoms with Gasteiger partial charge in [0.2, 0.25) is 0 Å². The largest absolute Gasteiger partial charge is 0.355 e. The summed E-state index contributed by atoms with van der Waals surface area (Å²) in [5.41, 5.74) is 1.00. The van der Waals surface area contributed by atoms with Gasteiger partial charge in [-0.25, -0.2) is 0 Å². The van der Waals surface area contributed by atoms with Crippen LogP contribution in [0.4, 0.5) is 0 Å². The fourth-order valence-corrected chi connectivity index (χ4v) is 2.44. The van der Waals surface area contributed by atoms with E-state index >= 15 is 0 Å². The number of hydrogen-bond acceptors (Lipinski definition) is 2. The minimum Gasteiger partial charge on any atom is -0.355 e. The molecule has 92 valence electrons. The van der Waals surface area contributed by atoms with Gasteiger partial charge in [-0.1, -0.05) is 30.3 Å². The maximum Gasteiger partial charge on any atom is 0.128 e. The predicted octanol–water partition coefficient (Wildman–Crippen LogP) is 2.04. The Labute approximate surface area is 104 Å². The lowest BCUT2D eigenvalue weighted by atomic mass is 10.0. The molecule has 0 bridgehead atoms. The first-order valence-electron chi connectivity index (χ1n) is 6.24. The second-order valence-electron chi connectivity index (χ2n) is 4.88. The molecule has 3 nitrogen and oxygen atoms in total. The van der Waals surface area contributed by atoms with Gasteiger partial charge in [-0.3, -0.25) is 5.41 Å². The molecule has 1 fully saturated rings. The van der Waals surface area contributed by atoms with Crippen LogP contribution in [0, 0.1) is 5.41 Å². The molecular formula is C14H21N3. The van der Waals surface area contributed by atoms with E-state index in [1.807, 2.05) is 37.4 Å². The molecule has 1 atom stereocenters. The third-order valence-electron chi connectivity index (χ3n) is 3.55. The van der Waals surface area contributed by atoms with E-state index in [2.05, 4.69) is 16.8 Å². The lowest BCUT2D eigenvalue weighted by Crippen LogP contribution is -2.47. The van der Waals surface area contributed by atoms with Crippen molar-refractivity contribution in [3.8, 4) is 0 Å². The molecule has 0 radical (unpaired) electrons. The van der Waals surface area contributed by atoms with Crippen LogP contribution in [0.3, 0.4) is 0 Å². The lowest BCUT2D eigenvalue weighted by Gasteiger charge is -2.37. The van der Waals surface area contributed by atoms with Crippen molar-refractivity contribution in [3.63, 3.8) is 0 Å². The van der Waals surface area contributed by atoms with Gasteiger partial charge in [-0.2, -0.15) is 0 Å². The molecule has 0 amide bonds. The average molecular weight is 231 g/mol. The summed E-state index contributed by atoms with van der Waals surface area (Å²) in [5.74, 6) is 0.630. The van der Waals surface area contributed by atoms with E-state index in [9.17, 15) is 0 Å². The first-order chi connectivity index (χ1) is 8.18. The molecule has 2 rings (SSSR count). The van der Waals surface area contributed by atoms with E-state index in [0.717, 1.165) is 12.1 Å². The van der Waals surface area contributed by atoms with Gasteiger partial charge in [0.15, 0.2) is 0 Å². The fraction of sp³-hybridized carbons (Fsp3) is 0.500. The van der Waals surface area contributed by atoms with Gasteiger partial charge in [0.1, 0.15) is 5.84 Å². The van der Waals surface area contributed by atoms with Crippen molar-refractivity contribution in [1.29, 1.82) is 5.41 Å². The van der Waals surface area contributed by atoms with E-state index in [-0.39, 0.29) is 0 Å². The number of nitrogens with one attached hydrogen (secondary N) is 1. The maximum atomic E-state index is 8.25. The number of piperidine rings is 1. The molecular weight excluding hydrogens is 210 g/mol. The molecule has 0 aromatic heterocycles. The summed E-state index contributed by atoms with van der Waals surface area (Å²) in [7, 11) is 4.20. The second kappa shape index (κ2) is 5.32. The number of hydrogen-bond donors (Lipinski definition) is 1. The minimum atomic E-state index is 0.474. The van der Waals surface area contributed by atoms with Crippen molar-refractivity contribution in [1.82, 2.24) is 9.80 Å². The van der Waals surface area contributed by atoms with Crippen LogP contribution in [0.5, 0.6) is 0 Å². The molecule has 0 aliphatic carbocycles. The first kappa shape index (κ1) is 12.1. The Balaban J connectivity index is 2.04. The predicted molar refractivity (Wildman–Crippen MR) is 71.6 cm³/mol. The Kier molecular flexibility index (Phi) is 3.79. The summed E-state index contributed by atoms with van der Waals surface area (Å²) in [4.78, 5) is 4.47. The van der Waals surface area contributed by atoms with Gasteiger partial charge < -0.3 is 9.80 Å². The van der Waals surface area contributed by atoms with Crippen molar-refractivity contribution in [3.05, 3.63) is 35.9 Å². The molecule has 1 aromatic carbocycles. The number of likely N-dealkylation sites (tertiary alicyclic amines) is 1. The molecule has 1 saturated heterocycles. The standard InChI is InChI=1S/C14H21N3/c1-16-10-6-9-13(11-16)17(2)14(15)12-7-4-3-5-8-12/h3-5,7-8,13,15H,6,9-11H2,1-2H3. The van der Waals surface area contributed by atoms with Crippen LogP contribution >= 0.6 is 0 Å². The number of rotatable bonds is 2. The van der Waals surface area contributed by atoms with Crippen molar-refractivity contribution in [2.75, 3.05) is 27.2 Å². The molecule has 1 aliphatic heterocycles. The smallest absolute Gasteiger partial charge is 0.128 e. The van der Waals surface area contributed by atoms with Crippen molar-refractivity contribution >= 4 is 5.84 Å². The molecule has 17 heavy (non-hydrogen) atoms. The normalized spacial score (nSPS) is 21.2. The van der Waals surface area contributed by atoms with Crippen molar-refractivity contribution < 1.29 is 0 Å². The summed E-state index contributed by atoms with van der Waals surface area (Å²) in [6, 6.07) is 10.5. The van der Waals surface area contributed by atoms with Crippen LogP contribution in [0.25, 0.3) is 0 Å². The van der Waals surface area contributed by atoms with Crippen LogP contribution in [0.1, 0.15) is 18.4 Å². The Bertz CT molecular complexity index is 374. The maximum absolute atomic E-state index is 8.25. The van der Waals surface area contributed by atoms with Crippen LogP contribution in [-0.4, -0.2) is 48.9 Å². The van der Waals surface area contributed by atoms with Gasteiger partial charge in [0.25, 0.3) is 0 Å². The van der Waals surface area contributed by atoms with Crippen LogP contribution in [0.15, 0.2) is 30.3 Å². The average Bonchev–Trinajstić information content (AvgIpc) is 2.38. The van der Waals surface area contributed by atoms with Gasteiger partial charge in [0, 0.05) is 25.2 Å². The second-order valence-corrected chi connectivity index (χ2v) is 4.88. The Morgan fingerprint density at radius 1 is 1.35 bits per heavy atom. The number of nitrogens with zero attached hydrogens (tertiary/aromatic N) is 2. The van der Waals surface area contributed by atoms with Gasteiger partial charge >= 0.3 is 0 Å². The molecule has 0 spiro atoms. The topological polar surface area (TPSA) is 30.3 Å². The zero-order chi connectivity index (χ0) is 12.3. The molecule has 1 unspecified atom stereocenters. The highest BCUT2D eigenvalue weighted by Crippen LogP contribution is 2.15. The lowest BCUT2D eigenvalue weighted by molar-refractivity contribution is 0.181. The highest BCUT2D eigenvalue weighted by molar-refractivity contribution is 5.96. The van der Waals surface area contributed by atoms with Crippen LogP contribution in [0.2, 0.25) is 0 Å². The summed E-state index contributed by atoms with van der Waals surface area (Å²) in [6.45, 7) is 2.24. The molecule has 1 heterocycles. The number of benzene rings is 1. The quantitative estimate of drug-likeness (QED) is 0.623. The summed E-state index contributed by atoms with van der Waals surface area (Å²) >= 11 is 0. The summed E-state index contributed by atoms with van der Waals surface area (Å²) in [6.07, 6.45) is 2.42. The number of amidine groups is 1. The van der Waals surface area contributed by atoms with Gasteiger partial charge in [0.05, 0.1) is 0 Å². The SMILES string of the molecule is CN1CCCC(N(C)C(=N)c2ccccc2)C1. The summed E-state index contributed by atoms with van der Waals surface area (Å²) < 4.78 is 0. The fourth-order valence-electron chi connectivity index (χ4n) is 2.44. The van der Waals surface area contributed by atoms with Crippen LogP contribution < -0.4 is 0 Å². The van der Waals surface area contributed by atoms with E-state index in [1.54, 1.807) is 0 Å². The Morgan fingerprint density at radius 2 is 2.06 bits per heavy atom. The Hall–Kier alpha value is -1.35. The highest BCUT2D eigenvalue weighted by atomic mass is 15.2. The number of likely N-dealkylation sites (N-methyl/N-ethyl adjacent to an activating group) is 2. The third-order valence-corrected chi connectivity index (χ3v) is 3.55. The van der Waals surface area contributed by atoms with Crippen molar-refractivity contribution in [2.45, 2.75) is 18.9 Å². The molecule has 0 saturated carbocycles. The minimum absolute atomic E-state index is 0.474. The molecule has 1 N–H and O–H groups in total. The van der Waals surface area contributed by atoms with E-state index < -0.39 is 0 Å². The van der Waals surface area contributed by atoms with Gasteiger partial charge in [-0.15, -0.1) is 0 Å². The zero-order valence-corrected chi connectivity index (χ0v) is 10.7.